The molecule has 0 bridgehead atoms. The van der Waals surface area contributed by atoms with Crippen molar-refractivity contribution in [3.63, 3.8) is 0 Å². The minimum absolute atomic E-state index is 0.131. The van der Waals surface area contributed by atoms with Gasteiger partial charge in [0.05, 0.1) is 23.7 Å². The van der Waals surface area contributed by atoms with Crippen molar-refractivity contribution in [1.29, 1.82) is 0 Å². The van der Waals surface area contributed by atoms with Gasteiger partial charge in [-0.05, 0) is 25.1 Å². The standard InChI is InChI=1S/C11H13FO4S/c1-8(6-11(13)16-2)17(14,15)10-5-3-4-9(12)7-10/h3-5,7-8H,6H2,1-2H3. The molecule has 0 saturated carbocycles. The highest BCUT2D eigenvalue weighted by Crippen LogP contribution is 2.19. The number of hydrogen-bond donors (Lipinski definition) is 0. The molecule has 0 N–H and O–H groups in total. The molecule has 0 aliphatic rings. The van der Waals surface area contributed by atoms with Gasteiger partial charge >= 0.3 is 5.97 Å². The Morgan fingerprint density at radius 1 is 1.47 bits per heavy atom. The number of methoxy groups -OCH3 is 1. The Balaban J connectivity index is 2.99. The van der Waals surface area contributed by atoms with E-state index in [1.165, 1.54) is 26.2 Å². The molecule has 1 aromatic rings. The van der Waals surface area contributed by atoms with Crippen molar-refractivity contribution in [2.45, 2.75) is 23.5 Å². The zero-order valence-electron chi connectivity index (χ0n) is 9.51. The molecule has 0 fully saturated rings. The number of hydrogen-bond acceptors (Lipinski definition) is 4. The lowest BCUT2D eigenvalue weighted by Crippen LogP contribution is -2.22. The second-order valence-electron chi connectivity index (χ2n) is 3.59. The first-order valence-electron chi connectivity index (χ1n) is 4.94. The van der Waals surface area contributed by atoms with E-state index in [2.05, 4.69) is 4.74 Å². The SMILES string of the molecule is COC(=O)CC(C)S(=O)(=O)c1cccc(F)c1. The summed E-state index contributed by atoms with van der Waals surface area (Å²) < 4.78 is 41.3. The van der Waals surface area contributed by atoms with Crippen molar-refractivity contribution >= 4 is 15.8 Å². The third kappa shape index (κ3) is 3.26. The van der Waals surface area contributed by atoms with Crippen molar-refractivity contribution < 1.29 is 22.3 Å². The molecule has 1 rings (SSSR count). The average Bonchev–Trinajstić information content (AvgIpc) is 2.28. The number of ether oxygens (including phenoxy) is 1. The van der Waals surface area contributed by atoms with Gasteiger partial charge in [0, 0.05) is 0 Å². The molecule has 0 saturated heterocycles. The highest BCUT2D eigenvalue weighted by atomic mass is 32.2. The van der Waals surface area contributed by atoms with Crippen molar-refractivity contribution in [2.24, 2.45) is 0 Å². The third-order valence-electron chi connectivity index (χ3n) is 2.34. The minimum Gasteiger partial charge on any atom is -0.469 e. The van der Waals surface area contributed by atoms with E-state index in [0.29, 0.717) is 0 Å². The summed E-state index contributed by atoms with van der Waals surface area (Å²) in [7, 11) is -2.52. The first kappa shape index (κ1) is 13.6. The van der Waals surface area contributed by atoms with Gasteiger partial charge in [0.25, 0.3) is 0 Å². The number of carbonyl (C=O) groups excluding carboxylic acids is 1. The molecule has 0 radical (unpaired) electrons. The third-order valence-corrected chi connectivity index (χ3v) is 4.47. The maximum atomic E-state index is 12.9. The number of rotatable bonds is 4. The van der Waals surface area contributed by atoms with E-state index in [4.69, 9.17) is 0 Å². The van der Waals surface area contributed by atoms with Crippen LogP contribution in [0.25, 0.3) is 0 Å². The Kier molecular flexibility index (Phi) is 4.22. The Labute approximate surface area is 99.3 Å². The van der Waals surface area contributed by atoms with Crippen LogP contribution in [0.5, 0.6) is 0 Å². The normalized spacial score (nSPS) is 13.1. The van der Waals surface area contributed by atoms with E-state index in [9.17, 15) is 17.6 Å². The van der Waals surface area contributed by atoms with Gasteiger partial charge in [-0.3, -0.25) is 4.79 Å². The van der Waals surface area contributed by atoms with Crippen LogP contribution in [0.2, 0.25) is 0 Å². The number of sulfone groups is 1. The zero-order valence-corrected chi connectivity index (χ0v) is 10.3. The van der Waals surface area contributed by atoms with Crippen molar-refractivity contribution in [1.82, 2.24) is 0 Å². The summed E-state index contributed by atoms with van der Waals surface area (Å²) >= 11 is 0. The number of esters is 1. The smallest absolute Gasteiger partial charge is 0.306 e. The van der Waals surface area contributed by atoms with E-state index in [0.717, 1.165) is 12.1 Å². The Morgan fingerprint density at radius 3 is 2.65 bits per heavy atom. The molecule has 0 amide bonds. The van der Waals surface area contributed by atoms with Gasteiger partial charge in [0.1, 0.15) is 5.82 Å². The highest BCUT2D eigenvalue weighted by Gasteiger charge is 2.26. The Hall–Kier alpha value is -1.43. The molecule has 0 aliphatic heterocycles. The van der Waals surface area contributed by atoms with Crippen LogP contribution in [0.4, 0.5) is 4.39 Å². The van der Waals surface area contributed by atoms with Crippen LogP contribution in [0, 0.1) is 5.82 Å². The van der Waals surface area contributed by atoms with Crippen LogP contribution in [0.15, 0.2) is 29.2 Å². The van der Waals surface area contributed by atoms with Gasteiger partial charge in [-0.25, -0.2) is 12.8 Å². The molecule has 1 atom stereocenters. The van der Waals surface area contributed by atoms with Gasteiger partial charge in [-0.2, -0.15) is 0 Å². The molecular formula is C11H13FO4S. The summed E-state index contributed by atoms with van der Waals surface area (Å²) in [6.07, 6.45) is -0.255. The fraction of sp³-hybridized carbons (Fsp3) is 0.364. The second kappa shape index (κ2) is 5.27. The maximum Gasteiger partial charge on any atom is 0.306 e. The predicted molar refractivity (Wildman–Crippen MR) is 59.7 cm³/mol. The molecule has 17 heavy (non-hydrogen) atoms. The van der Waals surface area contributed by atoms with E-state index in [1.54, 1.807) is 0 Å². The van der Waals surface area contributed by atoms with Gasteiger partial charge in [-0.15, -0.1) is 0 Å². The highest BCUT2D eigenvalue weighted by molar-refractivity contribution is 7.92. The maximum absolute atomic E-state index is 12.9. The van der Waals surface area contributed by atoms with Crippen molar-refractivity contribution in [2.75, 3.05) is 7.11 Å². The second-order valence-corrected chi connectivity index (χ2v) is 5.96. The Bertz CT molecular complexity index is 510. The van der Waals surface area contributed by atoms with Crippen molar-refractivity contribution in [3.8, 4) is 0 Å². The van der Waals surface area contributed by atoms with Crippen LogP contribution in [0.3, 0.4) is 0 Å². The largest absolute Gasteiger partial charge is 0.469 e. The molecule has 0 aliphatic carbocycles. The number of benzene rings is 1. The lowest BCUT2D eigenvalue weighted by atomic mass is 10.3. The summed E-state index contributed by atoms with van der Waals surface area (Å²) in [5.74, 6) is -1.24. The molecule has 4 nitrogen and oxygen atoms in total. The molecule has 0 spiro atoms. The number of carbonyl (C=O) groups is 1. The van der Waals surface area contributed by atoms with E-state index in [-0.39, 0.29) is 11.3 Å². The predicted octanol–water partition coefficient (Wildman–Crippen LogP) is 1.55. The zero-order chi connectivity index (χ0) is 13.1. The van der Waals surface area contributed by atoms with Gasteiger partial charge < -0.3 is 4.74 Å². The lowest BCUT2D eigenvalue weighted by molar-refractivity contribution is -0.140. The van der Waals surface area contributed by atoms with Gasteiger partial charge in [0.15, 0.2) is 9.84 Å². The molecular weight excluding hydrogens is 247 g/mol. The quantitative estimate of drug-likeness (QED) is 0.771. The average molecular weight is 260 g/mol. The Morgan fingerprint density at radius 2 is 2.12 bits per heavy atom. The monoisotopic (exact) mass is 260 g/mol. The van der Waals surface area contributed by atoms with Gasteiger partial charge in [0.2, 0.25) is 0 Å². The van der Waals surface area contributed by atoms with E-state index >= 15 is 0 Å². The molecule has 0 aromatic heterocycles. The summed E-state index contributed by atoms with van der Waals surface area (Å²) in [6, 6.07) is 4.70. The van der Waals surface area contributed by atoms with Crippen molar-refractivity contribution in [3.05, 3.63) is 30.1 Å². The van der Waals surface area contributed by atoms with Crippen LogP contribution >= 0.6 is 0 Å². The first-order valence-corrected chi connectivity index (χ1v) is 6.49. The van der Waals surface area contributed by atoms with Gasteiger partial charge in [-0.1, -0.05) is 6.07 Å². The van der Waals surface area contributed by atoms with E-state index < -0.39 is 26.9 Å². The van der Waals surface area contributed by atoms with E-state index in [1.807, 2.05) is 0 Å². The molecule has 1 aromatic carbocycles. The first-order chi connectivity index (χ1) is 7.87. The molecule has 94 valence electrons. The van der Waals surface area contributed by atoms with Crippen LogP contribution in [-0.4, -0.2) is 26.7 Å². The topological polar surface area (TPSA) is 60.4 Å². The summed E-state index contributed by atoms with van der Waals surface area (Å²) in [5, 5.41) is -0.947. The summed E-state index contributed by atoms with van der Waals surface area (Å²) in [5.41, 5.74) is 0. The number of halogens is 1. The fourth-order valence-electron chi connectivity index (χ4n) is 1.30. The van der Waals surface area contributed by atoms with Crippen LogP contribution < -0.4 is 0 Å². The minimum atomic E-state index is -3.71. The molecule has 6 heteroatoms. The summed E-state index contributed by atoms with van der Waals surface area (Å²) in [4.78, 5) is 10.9. The lowest BCUT2D eigenvalue weighted by Gasteiger charge is -2.11. The fourth-order valence-corrected chi connectivity index (χ4v) is 2.67. The molecule has 1 unspecified atom stereocenters. The molecule has 0 heterocycles. The summed E-state index contributed by atoms with van der Waals surface area (Å²) in [6.45, 7) is 1.39. The van der Waals surface area contributed by atoms with Crippen LogP contribution in [0.1, 0.15) is 13.3 Å². The van der Waals surface area contributed by atoms with Crippen LogP contribution in [-0.2, 0) is 19.4 Å².